The van der Waals surface area contributed by atoms with Crippen LogP contribution in [0.2, 0.25) is 0 Å². The van der Waals surface area contributed by atoms with Crippen LogP contribution in [0, 0.1) is 6.92 Å². The summed E-state index contributed by atoms with van der Waals surface area (Å²) >= 11 is 0. The van der Waals surface area contributed by atoms with Crippen LogP contribution in [0.1, 0.15) is 32.2 Å². The molecule has 1 aromatic carbocycles. The highest BCUT2D eigenvalue weighted by molar-refractivity contribution is 6.05. The van der Waals surface area contributed by atoms with E-state index in [-0.39, 0.29) is 11.5 Å². The molecule has 2 amide bonds. The van der Waals surface area contributed by atoms with Crippen LogP contribution >= 0.6 is 0 Å². The quantitative estimate of drug-likeness (QED) is 0.514. The van der Waals surface area contributed by atoms with Crippen LogP contribution < -0.4 is 10.6 Å². The summed E-state index contributed by atoms with van der Waals surface area (Å²) < 4.78 is 8.23. The van der Waals surface area contributed by atoms with E-state index in [1.165, 1.54) is 22.6 Å². The molecule has 3 aromatic heterocycles. The van der Waals surface area contributed by atoms with E-state index in [2.05, 4.69) is 20.8 Å². The number of aryl methyl sites for hydroxylation is 2. The molecule has 0 saturated heterocycles. The zero-order chi connectivity index (χ0) is 21.1. The normalized spacial score (nSPS) is 10.7. The molecule has 0 aliphatic rings. The van der Waals surface area contributed by atoms with Gasteiger partial charge in [0.15, 0.2) is 11.5 Å². The molecule has 2 N–H and O–H groups in total. The molecule has 0 saturated carbocycles. The van der Waals surface area contributed by atoms with Crippen molar-refractivity contribution in [2.24, 2.45) is 7.05 Å². The summed E-state index contributed by atoms with van der Waals surface area (Å²) in [5.74, 6) is -0.285. The summed E-state index contributed by atoms with van der Waals surface area (Å²) in [6, 6.07) is 12.7. The third kappa shape index (κ3) is 4.14. The fourth-order valence-corrected chi connectivity index (χ4v) is 2.95. The van der Waals surface area contributed by atoms with Crippen molar-refractivity contribution in [2.75, 3.05) is 10.6 Å². The average Bonchev–Trinajstić information content (AvgIpc) is 3.46. The van der Waals surface area contributed by atoms with Gasteiger partial charge in [0, 0.05) is 19.3 Å². The van der Waals surface area contributed by atoms with Crippen molar-refractivity contribution in [3.05, 3.63) is 83.7 Å². The van der Waals surface area contributed by atoms with Gasteiger partial charge < -0.3 is 15.1 Å². The molecule has 4 rings (SSSR count). The second-order valence-electron chi connectivity index (χ2n) is 6.78. The number of furan rings is 1. The Labute approximate surface area is 172 Å². The Morgan fingerprint density at radius 1 is 1.10 bits per heavy atom. The fourth-order valence-electron chi connectivity index (χ4n) is 2.95. The topological polar surface area (TPSA) is 107 Å². The molecule has 0 radical (unpaired) electrons. The van der Waals surface area contributed by atoms with Crippen molar-refractivity contribution in [3.8, 4) is 0 Å². The molecule has 0 aliphatic carbocycles. The molecule has 3 heterocycles. The molecule has 9 heteroatoms. The van der Waals surface area contributed by atoms with Gasteiger partial charge in [0.05, 0.1) is 24.7 Å². The number of amides is 2. The molecule has 9 nitrogen and oxygen atoms in total. The summed E-state index contributed by atoms with van der Waals surface area (Å²) in [6.45, 7) is 2.65. The number of nitrogens with zero attached hydrogens (tertiary/aromatic N) is 4. The lowest BCUT2D eigenvalue weighted by atomic mass is 10.1. The minimum absolute atomic E-state index is 0.166. The summed E-state index contributed by atoms with van der Waals surface area (Å²) in [5.41, 5.74) is 3.05. The summed E-state index contributed by atoms with van der Waals surface area (Å²) in [6.07, 6.45) is 4.75. The van der Waals surface area contributed by atoms with E-state index in [0.29, 0.717) is 18.1 Å². The molecule has 0 atom stereocenters. The van der Waals surface area contributed by atoms with Crippen molar-refractivity contribution >= 4 is 23.3 Å². The zero-order valence-corrected chi connectivity index (χ0v) is 16.5. The van der Waals surface area contributed by atoms with Gasteiger partial charge in [-0.15, -0.1) is 0 Å². The smallest absolute Gasteiger partial charge is 0.292 e. The van der Waals surface area contributed by atoms with Crippen molar-refractivity contribution in [1.29, 1.82) is 0 Å². The Morgan fingerprint density at radius 2 is 1.93 bits per heavy atom. The molecule has 0 bridgehead atoms. The maximum atomic E-state index is 12.6. The lowest BCUT2D eigenvalue weighted by Crippen LogP contribution is -2.13. The first-order chi connectivity index (χ1) is 14.5. The number of anilines is 2. The van der Waals surface area contributed by atoms with Crippen molar-refractivity contribution < 1.29 is 14.0 Å². The Morgan fingerprint density at radius 3 is 2.70 bits per heavy atom. The second-order valence-corrected chi connectivity index (χ2v) is 6.78. The Balaban J connectivity index is 1.41. The predicted molar refractivity (Wildman–Crippen MR) is 110 cm³/mol. The Hall–Kier alpha value is -4.14. The maximum absolute atomic E-state index is 12.6. The lowest BCUT2D eigenvalue weighted by molar-refractivity contribution is 0.0993. The van der Waals surface area contributed by atoms with Gasteiger partial charge in [0.2, 0.25) is 0 Å². The van der Waals surface area contributed by atoms with Crippen LogP contribution in [0.4, 0.5) is 11.5 Å². The first-order valence-corrected chi connectivity index (χ1v) is 9.27. The molecular weight excluding hydrogens is 384 g/mol. The van der Waals surface area contributed by atoms with E-state index in [0.717, 1.165) is 5.56 Å². The van der Waals surface area contributed by atoms with Gasteiger partial charge in [-0.1, -0.05) is 24.3 Å². The summed E-state index contributed by atoms with van der Waals surface area (Å²) in [5, 5.41) is 13.9. The standard InChI is InChI=1S/C21H20N6O3/c1-14-6-3-4-7-15(14)12-27-13-16(11-22-27)23-20(28)17-10-19(26(2)25-17)24-21(29)18-8-5-9-30-18/h3-11,13H,12H2,1-2H3,(H,23,28)(H,24,29). The van der Waals surface area contributed by atoms with Crippen LogP contribution in [0.5, 0.6) is 0 Å². The van der Waals surface area contributed by atoms with Gasteiger partial charge in [-0.25, -0.2) is 0 Å². The van der Waals surface area contributed by atoms with E-state index in [1.54, 1.807) is 36.3 Å². The minimum Gasteiger partial charge on any atom is -0.459 e. The number of benzene rings is 1. The molecule has 0 aliphatic heterocycles. The molecular formula is C21H20N6O3. The molecule has 0 unspecified atom stereocenters. The third-order valence-corrected chi connectivity index (χ3v) is 4.58. The zero-order valence-electron chi connectivity index (χ0n) is 16.5. The fraction of sp³-hybridized carbons (Fsp3) is 0.143. The van der Waals surface area contributed by atoms with Gasteiger partial charge in [-0.3, -0.25) is 19.0 Å². The molecule has 30 heavy (non-hydrogen) atoms. The van der Waals surface area contributed by atoms with Crippen molar-refractivity contribution in [2.45, 2.75) is 13.5 Å². The highest BCUT2D eigenvalue weighted by atomic mass is 16.3. The lowest BCUT2D eigenvalue weighted by Gasteiger charge is -2.05. The Kier molecular flexibility index (Phi) is 5.17. The highest BCUT2D eigenvalue weighted by Crippen LogP contribution is 2.15. The van der Waals surface area contributed by atoms with Crippen LogP contribution in [0.15, 0.2) is 65.5 Å². The van der Waals surface area contributed by atoms with Crippen LogP contribution in [0.3, 0.4) is 0 Å². The van der Waals surface area contributed by atoms with Crippen LogP contribution in [-0.4, -0.2) is 31.4 Å². The van der Waals surface area contributed by atoms with Crippen molar-refractivity contribution in [1.82, 2.24) is 19.6 Å². The number of hydrogen-bond acceptors (Lipinski definition) is 5. The predicted octanol–water partition coefficient (Wildman–Crippen LogP) is 3.07. The van der Waals surface area contributed by atoms with E-state index < -0.39 is 11.8 Å². The van der Waals surface area contributed by atoms with Gasteiger partial charge in [0.25, 0.3) is 11.8 Å². The van der Waals surface area contributed by atoms with E-state index in [4.69, 9.17) is 4.42 Å². The number of rotatable bonds is 6. The monoisotopic (exact) mass is 404 g/mol. The first kappa shape index (κ1) is 19.2. The number of aromatic nitrogens is 4. The Bertz CT molecular complexity index is 1190. The van der Waals surface area contributed by atoms with Gasteiger partial charge in [0.1, 0.15) is 5.82 Å². The average molecular weight is 404 g/mol. The molecule has 152 valence electrons. The van der Waals surface area contributed by atoms with Gasteiger partial charge in [-0.2, -0.15) is 10.2 Å². The van der Waals surface area contributed by atoms with Crippen molar-refractivity contribution in [3.63, 3.8) is 0 Å². The van der Waals surface area contributed by atoms with Crippen LogP contribution in [-0.2, 0) is 13.6 Å². The minimum atomic E-state index is -0.424. The summed E-state index contributed by atoms with van der Waals surface area (Å²) in [7, 11) is 1.63. The second kappa shape index (κ2) is 8.08. The number of hydrogen-bond donors (Lipinski definition) is 2. The first-order valence-electron chi connectivity index (χ1n) is 9.27. The van der Waals surface area contributed by atoms with Crippen LogP contribution in [0.25, 0.3) is 0 Å². The summed E-state index contributed by atoms with van der Waals surface area (Å²) in [4.78, 5) is 24.7. The molecule has 0 spiro atoms. The maximum Gasteiger partial charge on any atom is 0.292 e. The largest absolute Gasteiger partial charge is 0.459 e. The SMILES string of the molecule is Cc1ccccc1Cn1cc(NC(=O)c2cc(NC(=O)c3ccco3)n(C)n2)cn1. The third-order valence-electron chi connectivity index (χ3n) is 4.58. The van der Waals surface area contributed by atoms with E-state index in [1.807, 2.05) is 31.2 Å². The van der Waals surface area contributed by atoms with E-state index in [9.17, 15) is 9.59 Å². The van der Waals surface area contributed by atoms with E-state index >= 15 is 0 Å². The number of nitrogens with one attached hydrogen (secondary N) is 2. The number of carbonyl (C=O) groups excluding carboxylic acids is 2. The van der Waals surface area contributed by atoms with Gasteiger partial charge in [-0.05, 0) is 30.2 Å². The number of carbonyl (C=O) groups is 2. The highest BCUT2D eigenvalue weighted by Gasteiger charge is 2.17. The molecule has 0 fully saturated rings. The molecule has 4 aromatic rings. The van der Waals surface area contributed by atoms with Gasteiger partial charge >= 0.3 is 0 Å².